The van der Waals surface area contributed by atoms with Crippen LogP contribution in [-0.2, 0) is 17.8 Å². The van der Waals surface area contributed by atoms with Gasteiger partial charge in [-0.15, -0.1) is 11.3 Å². The molecule has 0 aliphatic rings. The first-order valence-electron chi connectivity index (χ1n) is 5.71. The molecule has 1 rings (SSSR count). The molecular formula is C12H20N2OS. The van der Waals surface area contributed by atoms with Crippen molar-refractivity contribution in [1.82, 2.24) is 5.32 Å². The number of thiophene rings is 1. The van der Waals surface area contributed by atoms with Gasteiger partial charge in [0.25, 0.3) is 0 Å². The van der Waals surface area contributed by atoms with E-state index in [0.29, 0.717) is 13.0 Å². The van der Waals surface area contributed by atoms with Crippen LogP contribution in [0.1, 0.15) is 37.1 Å². The monoisotopic (exact) mass is 240 g/mol. The van der Waals surface area contributed by atoms with Crippen LogP contribution in [0.5, 0.6) is 0 Å². The van der Waals surface area contributed by atoms with E-state index in [2.05, 4.69) is 23.7 Å². The highest BCUT2D eigenvalue weighted by atomic mass is 32.1. The summed E-state index contributed by atoms with van der Waals surface area (Å²) in [7, 11) is 0. The topological polar surface area (TPSA) is 55.1 Å². The zero-order valence-corrected chi connectivity index (χ0v) is 10.8. The lowest BCUT2D eigenvalue weighted by atomic mass is 10.2. The number of hydrogen-bond donors (Lipinski definition) is 2. The molecule has 3 nitrogen and oxygen atoms in total. The zero-order chi connectivity index (χ0) is 12.0. The number of carbonyl (C=O) groups is 1. The van der Waals surface area contributed by atoms with Gasteiger partial charge in [0.1, 0.15) is 0 Å². The van der Waals surface area contributed by atoms with Gasteiger partial charge in [-0.25, -0.2) is 0 Å². The lowest BCUT2D eigenvalue weighted by Crippen LogP contribution is -2.25. The van der Waals surface area contributed by atoms with Crippen molar-refractivity contribution in [2.75, 3.05) is 0 Å². The molecule has 0 saturated heterocycles. The summed E-state index contributed by atoms with van der Waals surface area (Å²) < 4.78 is 0. The summed E-state index contributed by atoms with van der Waals surface area (Å²) in [6, 6.07) is 2.22. The van der Waals surface area contributed by atoms with Crippen LogP contribution in [0, 0.1) is 0 Å². The Morgan fingerprint density at radius 3 is 3.00 bits per heavy atom. The van der Waals surface area contributed by atoms with Crippen molar-refractivity contribution in [3.63, 3.8) is 0 Å². The maximum atomic E-state index is 11.5. The third kappa shape index (κ3) is 4.33. The van der Waals surface area contributed by atoms with Crippen molar-refractivity contribution in [3.05, 3.63) is 21.9 Å². The Balaban J connectivity index is 2.31. The number of amides is 1. The molecular weight excluding hydrogens is 220 g/mol. The van der Waals surface area contributed by atoms with Crippen LogP contribution in [0.15, 0.2) is 11.4 Å². The fourth-order valence-corrected chi connectivity index (χ4v) is 2.38. The lowest BCUT2D eigenvalue weighted by Gasteiger charge is -2.07. The van der Waals surface area contributed by atoms with E-state index in [9.17, 15) is 4.79 Å². The molecule has 1 amide bonds. The number of aryl methyl sites for hydroxylation is 1. The number of nitrogens with two attached hydrogens (primary N) is 1. The highest BCUT2D eigenvalue weighted by molar-refractivity contribution is 7.10. The molecule has 1 heterocycles. The second-order valence-electron chi connectivity index (χ2n) is 4.02. The van der Waals surface area contributed by atoms with Gasteiger partial charge in [0.15, 0.2) is 0 Å². The minimum absolute atomic E-state index is 0.0905. The Bertz CT molecular complexity index is 334. The third-order valence-corrected chi connectivity index (χ3v) is 3.45. The number of carbonyl (C=O) groups excluding carboxylic acids is 1. The standard InChI is InChI=1S/C12H20N2OS/c1-3-10-6-7-16-11(10)8-14-12(15)5-4-9(2)13/h6-7,9H,3-5,8,13H2,1-2H3,(H,14,15). The first-order valence-corrected chi connectivity index (χ1v) is 6.59. The van der Waals surface area contributed by atoms with Crippen LogP contribution in [0.3, 0.4) is 0 Å². The third-order valence-electron chi connectivity index (χ3n) is 2.49. The van der Waals surface area contributed by atoms with Gasteiger partial charge in [0, 0.05) is 17.3 Å². The summed E-state index contributed by atoms with van der Waals surface area (Å²) >= 11 is 1.70. The molecule has 90 valence electrons. The average molecular weight is 240 g/mol. The van der Waals surface area contributed by atoms with Crippen molar-refractivity contribution >= 4 is 17.2 Å². The maximum absolute atomic E-state index is 11.5. The quantitative estimate of drug-likeness (QED) is 0.799. The first-order chi connectivity index (χ1) is 7.63. The van der Waals surface area contributed by atoms with E-state index in [4.69, 9.17) is 5.73 Å². The maximum Gasteiger partial charge on any atom is 0.220 e. The van der Waals surface area contributed by atoms with Crippen molar-refractivity contribution < 1.29 is 4.79 Å². The molecule has 0 aromatic carbocycles. The van der Waals surface area contributed by atoms with E-state index < -0.39 is 0 Å². The molecule has 1 aromatic heterocycles. The molecule has 0 aliphatic carbocycles. The zero-order valence-electron chi connectivity index (χ0n) is 9.95. The van der Waals surface area contributed by atoms with Gasteiger partial charge in [-0.05, 0) is 36.8 Å². The van der Waals surface area contributed by atoms with E-state index in [1.54, 1.807) is 11.3 Å². The van der Waals surface area contributed by atoms with E-state index in [1.807, 2.05) is 6.92 Å². The molecule has 3 N–H and O–H groups in total. The summed E-state index contributed by atoms with van der Waals surface area (Å²) in [5.74, 6) is 0.0905. The summed E-state index contributed by atoms with van der Waals surface area (Å²) in [5.41, 5.74) is 6.93. The van der Waals surface area contributed by atoms with Gasteiger partial charge in [0.05, 0.1) is 6.54 Å². The highest BCUT2D eigenvalue weighted by Crippen LogP contribution is 2.16. The van der Waals surface area contributed by atoms with Crippen LogP contribution in [0.2, 0.25) is 0 Å². The Morgan fingerprint density at radius 2 is 2.38 bits per heavy atom. The van der Waals surface area contributed by atoms with Crippen LogP contribution in [0.4, 0.5) is 0 Å². The average Bonchev–Trinajstić information content (AvgIpc) is 2.70. The van der Waals surface area contributed by atoms with Crippen molar-refractivity contribution in [3.8, 4) is 0 Å². The smallest absolute Gasteiger partial charge is 0.220 e. The fourth-order valence-electron chi connectivity index (χ4n) is 1.46. The molecule has 1 aromatic rings. The predicted molar refractivity (Wildman–Crippen MR) is 68.4 cm³/mol. The number of nitrogens with one attached hydrogen (secondary N) is 1. The van der Waals surface area contributed by atoms with Crippen LogP contribution in [0.25, 0.3) is 0 Å². The molecule has 16 heavy (non-hydrogen) atoms. The van der Waals surface area contributed by atoms with Gasteiger partial charge >= 0.3 is 0 Å². The molecule has 0 fully saturated rings. The predicted octanol–water partition coefficient (Wildman–Crippen LogP) is 2.05. The molecule has 0 spiro atoms. The second kappa shape index (κ2) is 6.66. The van der Waals surface area contributed by atoms with Crippen molar-refractivity contribution in [2.45, 2.75) is 45.7 Å². The summed E-state index contributed by atoms with van der Waals surface area (Å²) in [6.45, 7) is 4.70. The summed E-state index contributed by atoms with van der Waals surface area (Å²) in [4.78, 5) is 12.7. The van der Waals surface area contributed by atoms with Crippen molar-refractivity contribution in [1.29, 1.82) is 0 Å². The minimum Gasteiger partial charge on any atom is -0.351 e. The van der Waals surface area contributed by atoms with Gasteiger partial charge in [-0.2, -0.15) is 0 Å². The lowest BCUT2D eigenvalue weighted by molar-refractivity contribution is -0.121. The van der Waals surface area contributed by atoms with E-state index >= 15 is 0 Å². The van der Waals surface area contributed by atoms with Crippen LogP contribution >= 0.6 is 11.3 Å². The Morgan fingerprint density at radius 1 is 1.62 bits per heavy atom. The van der Waals surface area contributed by atoms with E-state index in [-0.39, 0.29) is 11.9 Å². The van der Waals surface area contributed by atoms with Gasteiger partial charge in [-0.1, -0.05) is 6.92 Å². The Labute approximate surface area is 101 Å². The van der Waals surface area contributed by atoms with Crippen LogP contribution in [-0.4, -0.2) is 11.9 Å². The van der Waals surface area contributed by atoms with Crippen molar-refractivity contribution in [2.24, 2.45) is 5.73 Å². The molecule has 0 radical (unpaired) electrons. The molecule has 4 heteroatoms. The normalized spacial score (nSPS) is 12.4. The highest BCUT2D eigenvalue weighted by Gasteiger charge is 2.06. The van der Waals surface area contributed by atoms with E-state index in [0.717, 1.165) is 12.8 Å². The SMILES string of the molecule is CCc1ccsc1CNC(=O)CCC(C)N. The van der Waals surface area contributed by atoms with Crippen LogP contribution < -0.4 is 11.1 Å². The molecule has 0 aliphatic heterocycles. The molecule has 0 bridgehead atoms. The largest absolute Gasteiger partial charge is 0.351 e. The summed E-state index contributed by atoms with van der Waals surface area (Å²) in [5, 5.41) is 5.00. The fraction of sp³-hybridized carbons (Fsp3) is 0.583. The van der Waals surface area contributed by atoms with Gasteiger partial charge in [-0.3, -0.25) is 4.79 Å². The molecule has 1 unspecified atom stereocenters. The van der Waals surface area contributed by atoms with Gasteiger partial charge in [0.2, 0.25) is 5.91 Å². The Kier molecular flexibility index (Phi) is 5.49. The Hall–Kier alpha value is -0.870. The summed E-state index contributed by atoms with van der Waals surface area (Å²) in [6.07, 6.45) is 2.29. The number of rotatable bonds is 6. The number of hydrogen-bond acceptors (Lipinski definition) is 3. The van der Waals surface area contributed by atoms with Gasteiger partial charge < -0.3 is 11.1 Å². The first kappa shape index (κ1) is 13.2. The minimum atomic E-state index is 0.0905. The molecule has 1 atom stereocenters. The molecule has 0 saturated carbocycles. The van der Waals surface area contributed by atoms with E-state index in [1.165, 1.54) is 10.4 Å². The second-order valence-corrected chi connectivity index (χ2v) is 5.02.